The normalized spacial score (nSPS) is 10.4. The van der Waals surface area contributed by atoms with Gasteiger partial charge in [0.2, 0.25) is 0 Å². The number of carbonyl (C=O) groups is 1. The van der Waals surface area contributed by atoms with Crippen LogP contribution in [0.1, 0.15) is 18.9 Å². The molecule has 0 aliphatic heterocycles. The number of hydrogen-bond acceptors (Lipinski definition) is 1. The van der Waals surface area contributed by atoms with E-state index in [1.165, 1.54) is 18.3 Å². The molecule has 0 atom stereocenters. The smallest absolute Gasteiger partial charge is 0.318 e. The van der Waals surface area contributed by atoms with Crippen molar-refractivity contribution in [3.05, 3.63) is 41.8 Å². The van der Waals surface area contributed by atoms with Crippen LogP contribution < -0.4 is 10.6 Å². The lowest BCUT2D eigenvalue weighted by Crippen LogP contribution is -2.32. The zero-order valence-corrected chi connectivity index (χ0v) is 9.16. The number of hydrogen-bond donors (Lipinski definition) is 2. The van der Waals surface area contributed by atoms with Crippen molar-refractivity contribution in [3.63, 3.8) is 0 Å². The first-order valence-electron chi connectivity index (χ1n) is 5.19. The summed E-state index contributed by atoms with van der Waals surface area (Å²) < 4.78 is 12.6. The number of nitrogens with one attached hydrogen (secondary N) is 2. The molecule has 0 saturated carbocycles. The molecule has 0 aromatic heterocycles. The van der Waals surface area contributed by atoms with Crippen LogP contribution >= 0.6 is 0 Å². The molecule has 0 aliphatic rings. The minimum absolute atomic E-state index is 0.236. The zero-order valence-electron chi connectivity index (χ0n) is 9.16. The van der Waals surface area contributed by atoms with Gasteiger partial charge in [0.1, 0.15) is 5.82 Å². The molecule has 1 aromatic carbocycles. The van der Waals surface area contributed by atoms with Crippen LogP contribution in [0.2, 0.25) is 0 Å². The number of benzene rings is 1. The minimum atomic E-state index is -0.272. The molecule has 0 radical (unpaired) electrons. The Morgan fingerprint density at radius 2 is 2.06 bits per heavy atom. The van der Waals surface area contributed by atoms with Gasteiger partial charge in [-0.3, -0.25) is 0 Å². The Kier molecular flexibility index (Phi) is 5.05. The third-order valence-electron chi connectivity index (χ3n) is 1.90. The molecule has 0 fully saturated rings. The molecule has 86 valence electrons. The van der Waals surface area contributed by atoms with Gasteiger partial charge in [0.25, 0.3) is 0 Å². The molecule has 4 heteroatoms. The van der Waals surface area contributed by atoms with E-state index in [9.17, 15) is 9.18 Å². The van der Waals surface area contributed by atoms with E-state index in [0.717, 1.165) is 12.0 Å². The van der Waals surface area contributed by atoms with E-state index in [2.05, 4.69) is 10.6 Å². The summed E-state index contributed by atoms with van der Waals surface area (Å²) in [5.41, 5.74) is 0.831. The van der Waals surface area contributed by atoms with Crippen molar-refractivity contribution in [1.29, 1.82) is 0 Å². The fourth-order valence-corrected chi connectivity index (χ4v) is 1.08. The van der Waals surface area contributed by atoms with E-state index < -0.39 is 0 Å². The average Bonchev–Trinajstić information content (AvgIpc) is 2.29. The molecule has 1 rings (SSSR count). The Bertz CT molecular complexity index is 360. The SMILES string of the molecule is CCCNC(=O)N/C=C/c1ccc(F)cc1. The molecule has 1 aromatic rings. The highest BCUT2D eigenvalue weighted by Gasteiger charge is 1.93. The fraction of sp³-hybridized carbons (Fsp3) is 0.250. The Morgan fingerprint density at radius 3 is 2.69 bits per heavy atom. The second kappa shape index (κ2) is 6.61. The second-order valence-electron chi connectivity index (χ2n) is 3.29. The summed E-state index contributed by atoms with van der Waals surface area (Å²) in [6.07, 6.45) is 4.12. The van der Waals surface area contributed by atoms with Gasteiger partial charge in [-0.1, -0.05) is 19.1 Å². The van der Waals surface area contributed by atoms with Crippen LogP contribution in [0.4, 0.5) is 9.18 Å². The third kappa shape index (κ3) is 4.59. The van der Waals surface area contributed by atoms with Crippen molar-refractivity contribution in [1.82, 2.24) is 10.6 Å². The van der Waals surface area contributed by atoms with Crippen LogP contribution in [0.3, 0.4) is 0 Å². The van der Waals surface area contributed by atoms with Gasteiger partial charge in [-0.2, -0.15) is 0 Å². The first-order valence-corrected chi connectivity index (χ1v) is 5.19. The molecule has 0 saturated heterocycles. The van der Waals surface area contributed by atoms with E-state index >= 15 is 0 Å². The van der Waals surface area contributed by atoms with Crippen molar-refractivity contribution in [2.24, 2.45) is 0 Å². The Labute approximate surface area is 94.4 Å². The molecule has 0 spiro atoms. The summed E-state index contributed by atoms with van der Waals surface area (Å²) >= 11 is 0. The van der Waals surface area contributed by atoms with Crippen LogP contribution in [0, 0.1) is 5.82 Å². The van der Waals surface area contributed by atoms with Crippen LogP contribution in [0.25, 0.3) is 6.08 Å². The Morgan fingerprint density at radius 1 is 1.38 bits per heavy atom. The van der Waals surface area contributed by atoms with Gasteiger partial charge < -0.3 is 10.6 Å². The lowest BCUT2D eigenvalue weighted by atomic mass is 10.2. The predicted octanol–water partition coefficient (Wildman–Crippen LogP) is 2.51. The lowest BCUT2D eigenvalue weighted by Gasteiger charge is -2.01. The zero-order chi connectivity index (χ0) is 11.8. The molecule has 0 bridgehead atoms. The van der Waals surface area contributed by atoms with Crippen LogP contribution in [0.15, 0.2) is 30.5 Å². The predicted molar refractivity (Wildman–Crippen MR) is 62.3 cm³/mol. The van der Waals surface area contributed by atoms with Crippen molar-refractivity contribution in [2.75, 3.05) is 6.54 Å². The van der Waals surface area contributed by atoms with Gasteiger partial charge in [-0.05, 0) is 30.2 Å². The van der Waals surface area contributed by atoms with Gasteiger partial charge in [-0.15, -0.1) is 0 Å². The number of rotatable bonds is 4. The van der Waals surface area contributed by atoms with Gasteiger partial charge in [0, 0.05) is 12.7 Å². The molecule has 0 unspecified atom stereocenters. The highest BCUT2D eigenvalue weighted by molar-refractivity contribution is 5.75. The maximum absolute atomic E-state index is 12.6. The van der Waals surface area contributed by atoms with Crippen LogP contribution in [0.5, 0.6) is 0 Å². The molecule has 2 amide bonds. The number of halogens is 1. The van der Waals surface area contributed by atoms with Crippen molar-refractivity contribution in [2.45, 2.75) is 13.3 Å². The van der Waals surface area contributed by atoms with E-state index in [0.29, 0.717) is 6.54 Å². The average molecular weight is 222 g/mol. The van der Waals surface area contributed by atoms with Crippen LogP contribution in [-0.2, 0) is 0 Å². The highest BCUT2D eigenvalue weighted by atomic mass is 19.1. The quantitative estimate of drug-likeness (QED) is 0.807. The van der Waals surface area contributed by atoms with Crippen molar-refractivity contribution < 1.29 is 9.18 Å². The third-order valence-corrected chi connectivity index (χ3v) is 1.90. The Hall–Kier alpha value is -1.84. The fourth-order valence-electron chi connectivity index (χ4n) is 1.08. The van der Waals surface area contributed by atoms with Gasteiger partial charge in [-0.25, -0.2) is 9.18 Å². The summed E-state index contributed by atoms with van der Waals surface area (Å²) in [7, 11) is 0. The Balaban J connectivity index is 2.37. The van der Waals surface area contributed by atoms with Gasteiger partial charge in [0.15, 0.2) is 0 Å². The summed E-state index contributed by atoms with van der Waals surface area (Å²) in [4.78, 5) is 11.1. The van der Waals surface area contributed by atoms with Gasteiger partial charge >= 0.3 is 6.03 Å². The number of amides is 2. The maximum atomic E-state index is 12.6. The topological polar surface area (TPSA) is 41.1 Å². The van der Waals surface area contributed by atoms with Crippen molar-refractivity contribution in [3.8, 4) is 0 Å². The molecule has 0 aliphatic carbocycles. The van der Waals surface area contributed by atoms with Crippen LogP contribution in [-0.4, -0.2) is 12.6 Å². The lowest BCUT2D eigenvalue weighted by molar-refractivity contribution is 0.244. The summed E-state index contributed by atoms with van der Waals surface area (Å²) in [5, 5.41) is 5.22. The highest BCUT2D eigenvalue weighted by Crippen LogP contribution is 2.03. The number of urea groups is 1. The summed E-state index contributed by atoms with van der Waals surface area (Å²) in [5.74, 6) is -0.272. The molecular formula is C12H15FN2O. The van der Waals surface area contributed by atoms with Gasteiger partial charge in [0.05, 0.1) is 0 Å². The number of carbonyl (C=O) groups excluding carboxylic acids is 1. The summed E-state index contributed by atoms with van der Waals surface area (Å²) in [6, 6.07) is 5.78. The first-order chi connectivity index (χ1) is 7.72. The van der Waals surface area contributed by atoms with E-state index in [4.69, 9.17) is 0 Å². The van der Waals surface area contributed by atoms with Crippen molar-refractivity contribution >= 4 is 12.1 Å². The van der Waals surface area contributed by atoms with E-state index in [-0.39, 0.29) is 11.8 Å². The summed E-state index contributed by atoms with van der Waals surface area (Å²) in [6.45, 7) is 2.63. The molecule has 16 heavy (non-hydrogen) atoms. The largest absolute Gasteiger partial charge is 0.338 e. The monoisotopic (exact) mass is 222 g/mol. The van der Waals surface area contributed by atoms with E-state index in [1.54, 1.807) is 18.2 Å². The van der Waals surface area contributed by atoms with E-state index in [1.807, 2.05) is 6.92 Å². The molecule has 3 nitrogen and oxygen atoms in total. The molecule has 2 N–H and O–H groups in total. The second-order valence-corrected chi connectivity index (χ2v) is 3.29. The maximum Gasteiger partial charge on any atom is 0.318 e. The standard InChI is InChI=1S/C12H15FN2O/c1-2-8-14-12(16)15-9-7-10-3-5-11(13)6-4-10/h3-7,9H,2,8H2,1H3,(H2,14,15,16)/b9-7+. The molecular weight excluding hydrogens is 207 g/mol. The first kappa shape index (κ1) is 12.2. The minimum Gasteiger partial charge on any atom is -0.338 e. The molecule has 0 heterocycles.